The van der Waals surface area contributed by atoms with Crippen molar-refractivity contribution >= 4 is 5.97 Å². The van der Waals surface area contributed by atoms with Crippen LogP contribution < -0.4 is 0 Å². The molecule has 1 heterocycles. The molecule has 1 saturated carbocycles. The number of aryl methyl sites for hydroxylation is 1. The van der Waals surface area contributed by atoms with Crippen LogP contribution in [0.2, 0.25) is 0 Å². The minimum atomic E-state index is -2.91. The maximum atomic E-state index is 13.8. The van der Waals surface area contributed by atoms with Crippen LogP contribution in [0.3, 0.4) is 0 Å². The van der Waals surface area contributed by atoms with Crippen LogP contribution in [0.25, 0.3) is 0 Å². The average molecular weight is 228 g/mol. The van der Waals surface area contributed by atoms with E-state index in [2.05, 4.69) is 5.10 Å². The third-order valence-corrected chi connectivity index (χ3v) is 3.40. The molecule has 0 aromatic carbocycles. The Morgan fingerprint density at radius 1 is 1.69 bits per heavy atom. The summed E-state index contributed by atoms with van der Waals surface area (Å²) in [4.78, 5) is 10.6. The lowest BCUT2D eigenvalue weighted by Gasteiger charge is -2.14. The maximum Gasteiger partial charge on any atom is 0.325 e. The Bertz CT molecular complexity index is 495. The van der Waals surface area contributed by atoms with Crippen molar-refractivity contribution in [1.29, 1.82) is 0 Å². The highest BCUT2D eigenvalue weighted by atomic mass is 19.3. The van der Waals surface area contributed by atoms with Gasteiger partial charge >= 0.3 is 5.97 Å². The van der Waals surface area contributed by atoms with Crippen molar-refractivity contribution < 1.29 is 18.7 Å². The number of carboxylic acid groups (broad SMARTS) is 1. The molecule has 2 aliphatic rings. The molecule has 6 heteroatoms. The molecule has 0 bridgehead atoms. The maximum absolute atomic E-state index is 13.8. The summed E-state index contributed by atoms with van der Waals surface area (Å²) in [6, 6.07) is 0. The number of carbonyl (C=O) groups is 1. The first kappa shape index (κ1) is 9.74. The van der Waals surface area contributed by atoms with Crippen molar-refractivity contribution in [3.8, 4) is 0 Å². The van der Waals surface area contributed by atoms with Gasteiger partial charge in [-0.25, -0.2) is 0 Å². The molecular formula is C10H10F2N2O2. The smallest absolute Gasteiger partial charge is 0.325 e. The van der Waals surface area contributed by atoms with E-state index in [1.807, 2.05) is 0 Å². The Kier molecular flexibility index (Phi) is 1.59. The molecule has 0 unspecified atom stereocenters. The monoisotopic (exact) mass is 228 g/mol. The third-order valence-electron chi connectivity index (χ3n) is 3.40. The summed E-state index contributed by atoms with van der Waals surface area (Å²) in [7, 11) is 0. The minimum absolute atomic E-state index is 0.104. The summed E-state index contributed by atoms with van der Waals surface area (Å²) in [5.74, 6) is -4.79. The van der Waals surface area contributed by atoms with Crippen LogP contribution in [0.5, 0.6) is 0 Å². The molecule has 0 saturated heterocycles. The zero-order chi connectivity index (χ0) is 11.7. The highest BCUT2D eigenvalue weighted by molar-refractivity contribution is 5.67. The SMILES string of the molecule is Cc1nn(CC(=O)O)c2c1[C@H]1C[C@H]1C2(F)F. The predicted octanol–water partition coefficient (Wildman–Crippen LogP) is 1.49. The van der Waals surface area contributed by atoms with Gasteiger partial charge in [0.1, 0.15) is 12.2 Å². The van der Waals surface area contributed by atoms with Gasteiger partial charge in [-0.1, -0.05) is 0 Å². The minimum Gasteiger partial charge on any atom is -0.480 e. The Morgan fingerprint density at radius 2 is 2.38 bits per heavy atom. The van der Waals surface area contributed by atoms with Crippen LogP contribution in [0, 0.1) is 12.8 Å². The fraction of sp³-hybridized carbons (Fsp3) is 0.600. The highest BCUT2D eigenvalue weighted by Gasteiger charge is 2.66. The van der Waals surface area contributed by atoms with Crippen LogP contribution in [0.15, 0.2) is 0 Å². The lowest BCUT2D eigenvalue weighted by atomic mass is 10.1. The average Bonchev–Trinajstić information content (AvgIpc) is 2.80. The van der Waals surface area contributed by atoms with Crippen molar-refractivity contribution in [3.05, 3.63) is 17.0 Å². The number of aromatic nitrogens is 2. The fourth-order valence-corrected chi connectivity index (χ4v) is 2.72. The van der Waals surface area contributed by atoms with Gasteiger partial charge in [0, 0.05) is 11.5 Å². The van der Waals surface area contributed by atoms with Crippen LogP contribution in [0.1, 0.15) is 29.3 Å². The van der Waals surface area contributed by atoms with E-state index in [-0.39, 0.29) is 11.6 Å². The van der Waals surface area contributed by atoms with E-state index in [0.717, 1.165) is 4.68 Å². The van der Waals surface area contributed by atoms with Gasteiger partial charge < -0.3 is 5.11 Å². The van der Waals surface area contributed by atoms with E-state index in [0.29, 0.717) is 17.7 Å². The Balaban J connectivity index is 2.14. The Hall–Kier alpha value is -1.46. The molecule has 1 fully saturated rings. The molecule has 1 aromatic heterocycles. The van der Waals surface area contributed by atoms with Crippen molar-refractivity contribution in [3.63, 3.8) is 0 Å². The first-order valence-corrected chi connectivity index (χ1v) is 5.10. The van der Waals surface area contributed by atoms with Gasteiger partial charge in [0.2, 0.25) is 0 Å². The number of alkyl halides is 2. The van der Waals surface area contributed by atoms with Crippen LogP contribution >= 0.6 is 0 Å². The van der Waals surface area contributed by atoms with Crippen molar-refractivity contribution in [2.45, 2.75) is 31.7 Å². The first-order valence-electron chi connectivity index (χ1n) is 5.10. The summed E-state index contributed by atoms with van der Waals surface area (Å²) >= 11 is 0. The molecule has 16 heavy (non-hydrogen) atoms. The number of halogens is 2. The molecule has 2 atom stereocenters. The third kappa shape index (κ3) is 1.02. The van der Waals surface area contributed by atoms with E-state index in [9.17, 15) is 13.6 Å². The van der Waals surface area contributed by atoms with E-state index < -0.39 is 24.4 Å². The van der Waals surface area contributed by atoms with Gasteiger partial charge in [0.25, 0.3) is 5.92 Å². The fourth-order valence-electron chi connectivity index (χ4n) is 2.72. The normalized spacial score (nSPS) is 28.7. The molecule has 1 aromatic rings. The van der Waals surface area contributed by atoms with E-state index in [4.69, 9.17) is 5.11 Å². The second kappa shape index (κ2) is 2.61. The largest absolute Gasteiger partial charge is 0.480 e. The van der Waals surface area contributed by atoms with Gasteiger partial charge in [-0.3, -0.25) is 9.48 Å². The van der Waals surface area contributed by atoms with Crippen molar-refractivity contribution in [2.75, 3.05) is 0 Å². The number of hydrogen-bond donors (Lipinski definition) is 1. The quantitative estimate of drug-likeness (QED) is 0.834. The molecule has 86 valence electrons. The van der Waals surface area contributed by atoms with Crippen LogP contribution in [-0.2, 0) is 17.3 Å². The highest BCUT2D eigenvalue weighted by Crippen LogP contribution is 2.67. The van der Waals surface area contributed by atoms with E-state index in [1.165, 1.54) is 0 Å². The molecule has 2 aliphatic carbocycles. The Morgan fingerprint density at radius 3 is 3.00 bits per heavy atom. The van der Waals surface area contributed by atoms with Crippen LogP contribution in [-0.4, -0.2) is 20.9 Å². The van der Waals surface area contributed by atoms with Crippen LogP contribution in [0.4, 0.5) is 8.78 Å². The summed E-state index contributed by atoms with van der Waals surface area (Å²) in [6.07, 6.45) is 0.500. The standard InChI is InChI=1S/C10H10F2N2O2/c1-4-8-5-2-6(5)10(11,12)9(8)14(13-4)3-7(15)16/h5-6H,2-3H2,1H3,(H,15,16)/t5-,6+/m0/s1. The summed E-state index contributed by atoms with van der Waals surface area (Å²) in [5.41, 5.74) is 0.950. The molecule has 0 radical (unpaired) electrons. The Labute approximate surface area is 89.9 Å². The molecule has 0 spiro atoms. The molecule has 0 amide bonds. The molecule has 3 rings (SSSR count). The van der Waals surface area contributed by atoms with Crippen molar-refractivity contribution in [2.24, 2.45) is 5.92 Å². The number of hydrogen-bond acceptors (Lipinski definition) is 2. The molecule has 4 nitrogen and oxygen atoms in total. The van der Waals surface area contributed by atoms with E-state index >= 15 is 0 Å². The van der Waals surface area contributed by atoms with Crippen molar-refractivity contribution in [1.82, 2.24) is 9.78 Å². The van der Waals surface area contributed by atoms with Gasteiger partial charge in [0.15, 0.2) is 0 Å². The number of fused-ring (bicyclic) bond motifs is 3. The lowest BCUT2D eigenvalue weighted by Crippen LogP contribution is -2.22. The van der Waals surface area contributed by atoms with E-state index in [1.54, 1.807) is 6.92 Å². The number of aliphatic carboxylic acids is 1. The summed E-state index contributed by atoms with van der Waals surface area (Å²) in [6.45, 7) is 1.17. The molecule has 1 N–H and O–H groups in total. The van der Waals surface area contributed by atoms with Gasteiger partial charge in [0.05, 0.1) is 5.69 Å². The predicted molar refractivity (Wildman–Crippen MR) is 49.3 cm³/mol. The zero-order valence-corrected chi connectivity index (χ0v) is 8.57. The second-order valence-electron chi connectivity index (χ2n) is 4.47. The van der Waals surface area contributed by atoms with Gasteiger partial charge in [-0.15, -0.1) is 0 Å². The molecule has 0 aliphatic heterocycles. The summed E-state index contributed by atoms with van der Waals surface area (Å²) in [5, 5.41) is 12.5. The summed E-state index contributed by atoms with van der Waals surface area (Å²) < 4.78 is 28.6. The molecular weight excluding hydrogens is 218 g/mol. The number of nitrogens with zero attached hydrogens (tertiary/aromatic N) is 2. The first-order chi connectivity index (χ1) is 7.43. The lowest BCUT2D eigenvalue weighted by molar-refractivity contribution is -0.138. The number of rotatable bonds is 2. The van der Waals surface area contributed by atoms with Gasteiger partial charge in [-0.05, 0) is 19.3 Å². The topological polar surface area (TPSA) is 55.1 Å². The second-order valence-corrected chi connectivity index (χ2v) is 4.47. The van der Waals surface area contributed by atoms with Gasteiger partial charge in [-0.2, -0.15) is 13.9 Å². The number of carboxylic acids is 1. The zero-order valence-electron chi connectivity index (χ0n) is 8.57.